The molecule has 0 saturated carbocycles. The van der Waals surface area contributed by atoms with Gasteiger partial charge in [0.1, 0.15) is 0 Å². The van der Waals surface area contributed by atoms with E-state index in [1.165, 1.54) is 24.3 Å². The van der Waals surface area contributed by atoms with E-state index in [1.54, 1.807) is 24.4 Å². The minimum Gasteiger partial charge on any atom is -0.389 e. The number of nitrogens with one attached hydrogen (secondary N) is 2. The molecule has 0 bridgehead atoms. The minimum absolute atomic E-state index is 0.000884. The van der Waals surface area contributed by atoms with Crippen molar-refractivity contribution in [2.24, 2.45) is 5.16 Å². The highest BCUT2D eigenvalue weighted by molar-refractivity contribution is 7.89. The zero-order valence-electron chi connectivity index (χ0n) is 17.7. The van der Waals surface area contributed by atoms with E-state index in [1.807, 2.05) is 0 Å². The molecule has 1 atom stereocenters. The zero-order chi connectivity index (χ0) is 24.0. The fraction of sp³-hybridized carbons (Fsp3) is 0.238. The average Bonchev–Trinajstić information content (AvgIpc) is 3.51. The van der Waals surface area contributed by atoms with Gasteiger partial charge in [-0.1, -0.05) is 34.7 Å². The average molecular weight is 506 g/mol. The lowest BCUT2D eigenvalue weighted by Crippen LogP contribution is -2.26. The van der Waals surface area contributed by atoms with Gasteiger partial charge in [0.05, 0.1) is 36.5 Å². The van der Waals surface area contributed by atoms with Crippen LogP contribution in [0, 0.1) is 5.13 Å². The standard InChI is InChI=1S/C21H20FN5O5S2/c22-18-12-24-21(33-18)26-20(28)19(27-32-16-8-10-31-13-16)14-4-6-17(7-5-14)34(29,30)25-11-15-3-1-2-9-23-15/h1-7,9,12,16,25H,8,10-11,13H2,(H,24,26,28)/b27-19+/t16-/m1/s1. The van der Waals surface area contributed by atoms with Crippen LogP contribution in [0.15, 0.2) is 64.9 Å². The van der Waals surface area contributed by atoms with Gasteiger partial charge < -0.3 is 9.57 Å². The molecule has 34 heavy (non-hydrogen) atoms. The molecular weight excluding hydrogens is 485 g/mol. The Morgan fingerprint density at radius 1 is 1.24 bits per heavy atom. The number of sulfonamides is 1. The Morgan fingerprint density at radius 3 is 2.71 bits per heavy atom. The van der Waals surface area contributed by atoms with Gasteiger partial charge in [-0.3, -0.25) is 15.1 Å². The third-order valence-electron chi connectivity index (χ3n) is 4.70. The molecule has 1 fully saturated rings. The first kappa shape index (κ1) is 23.9. The predicted octanol–water partition coefficient (Wildman–Crippen LogP) is 2.30. The highest BCUT2D eigenvalue weighted by atomic mass is 32.2. The quantitative estimate of drug-likeness (QED) is 0.337. The van der Waals surface area contributed by atoms with Gasteiger partial charge in [-0.25, -0.2) is 18.1 Å². The summed E-state index contributed by atoms with van der Waals surface area (Å²) in [6, 6.07) is 10.8. The molecule has 1 amide bonds. The summed E-state index contributed by atoms with van der Waals surface area (Å²) in [5.74, 6) is -0.683. The van der Waals surface area contributed by atoms with Crippen molar-refractivity contribution >= 4 is 38.1 Å². The van der Waals surface area contributed by atoms with E-state index < -0.39 is 21.1 Å². The Labute approximate surface area is 198 Å². The molecule has 1 aliphatic heterocycles. The second kappa shape index (κ2) is 10.8. The lowest BCUT2D eigenvalue weighted by Gasteiger charge is -2.11. The van der Waals surface area contributed by atoms with Crippen LogP contribution in [-0.4, -0.2) is 49.3 Å². The van der Waals surface area contributed by atoms with E-state index in [4.69, 9.17) is 9.57 Å². The molecule has 1 saturated heterocycles. The second-order valence-corrected chi connectivity index (χ2v) is 9.87. The predicted molar refractivity (Wildman–Crippen MR) is 122 cm³/mol. The smallest absolute Gasteiger partial charge is 0.280 e. The van der Waals surface area contributed by atoms with Crippen molar-refractivity contribution in [1.82, 2.24) is 14.7 Å². The van der Waals surface area contributed by atoms with Crippen molar-refractivity contribution < 1.29 is 27.2 Å². The monoisotopic (exact) mass is 505 g/mol. The number of nitrogens with zero attached hydrogens (tertiary/aromatic N) is 3. The van der Waals surface area contributed by atoms with E-state index in [2.05, 4.69) is 25.2 Å². The van der Waals surface area contributed by atoms with Crippen molar-refractivity contribution in [3.05, 3.63) is 71.2 Å². The van der Waals surface area contributed by atoms with Crippen molar-refractivity contribution in [3.63, 3.8) is 0 Å². The van der Waals surface area contributed by atoms with Crippen molar-refractivity contribution in [1.29, 1.82) is 0 Å². The molecule has 1 aliphatic rings. The molecule has 3 heterocycles. The lowest BCUT2D eigenvalue weighted by molar-refractivity contribution is -0.110. The SMILES string of the molecule is O=C(Nc1ncc(F)s1)/C(=N/O[C@@H]1CCOC1)c1ccc(S(=O)(=O)NCc2ccccn2)cc1. The van der Waals surface area contributed by atoms with Crippen molar-refractivity contribution in [2.45, 2.75) is 24.0 Å². The summed E-state index contributed by atoms with van der Waals surface area (Å²) >= 11 is 0.663. The van der Waals surface area contributed by atoms with Gasteiger partial charge in [0, 0.05) is 18.2 Å². The highest BCUT2D eigenvalue weighted by Crippen LogP contribution is 2.18. The largest absolute Gasteiger partial charge is 0.389 e. The summed E-state index contributed by atoms with van der Waals surface area (Å²) in [5, 5.41) is 5.95. The van der Waals surface area contributed by atoms with Crippen molar-refractivity contribution in [2.75, 3.05) is 18.5 Å². The van der Waals surface area contributed by atoms with Gasteiger partial charge in [-0.15, -0.1) is 0 Å². The number of benzene rings is 1. The summed E-state index contributed by atoms with van der Waals surface area (Å²) in [6.07, 6.45) is 2.87. The van der Waals surface area contributed by atoms with E-state index in [0.29, 0.717) is 42.2 Å². The zero-order valence-corrected chi connectivity index (χ0v) is 19.3. The molecule has 10 nitrogen and oxygen atoms in total. The maximum absolute atomic E-state index is 13.3. The number of anilines is 1. The molecular formula is C21H20FN5O5S2. The molecule has 3 aromatic rings. The third kappa shape index (κ3) is 6.20. The number of halogens is 1. The number of carbonyl (C=O) groups excluding carboxylic acids is 1. The molecule has 4 rings (SSSR count). The summed E-state index contributed by atoms with van der Waals surface area (Å²) < 4.78 is 46.2. The van der Waals surface area contributed by atoms with Crippen LogP contribution in [0.5, 0.6) is 0 Å². The summed E-state index contributed by atoms with van der Waals surface area (Å²) in [6.45, 7) is 0.898. The first-order valence-electron chi connectivity index (χ1n) is 10.1. The van der Waals surface area contributed by atoms with Gasteiger partial charge in [-0.05, 0) is 24.3 Å². The number of amides is 1. The van der Waals surface area contributed by atoms with Crippen LogP contribution < -0.4 is 10.0 Å². The molecule has 0 aliphatic carbocycles. The second-order valence-electron chi connectivity index (χ2n) is 7.12. The van der Waals surface area contributed by atoms with E-state index in [9.17, 15) is 17.6 Å². The van der Waals surface area contributed by atoms with Crippen LogP contribution in [0.2, 0.25) is 0 Å². The lowest BCUT2D eigenvalue weighted by atomic mass is 10.1. The Kier molecular flexibility index (Phi) is 7.57. The van der Waals surface area contributed by atoms with Crippen LogP contribution in [-0.2, 0) is 30.9 Å². The Hall–Kier alpha value is -3.26. The summed E-state index contributed by atoms with van der Waals surface area (Å²) in [5.41, 5.74) is 0.755. The van der Waals surface area contributed by atoms with E-state index in [-0.39, 0.29) is 28.4 Å². The Balaban J connectivity index is 1.52. The Morgan fingerprint density at radius 2 is 2.06 bits per heavy atom. The molecule has 2 N–H and O–H groups in total. The topological polar surface area (TPSA) is 132 Å². The number of carbonyl (C=O) groups is 1. The van der Waals surface area contributed by atoms with Crippen LogP contribution in [0.1, 0.15) is 17.7 Å². The van der Waals surface area contributed by atoms with E-state index >= 15 is 0 Å². The third-order valence-corrected chi connectivity index (χ3v) is 6.82. The maximum atomic E-state index is 13.3. The number of aromatic nitrogens is 2. The maximum Gasteiger partial charge on any atom is 0.280 e. The van der Waals surface area contributed by atoms with Gasteiger partial charge in [0.2, 0.25) is 10.0 Å². The highest BCUT2D eigenvalue weighted by Gasteiger charge is 2.22. The number of rotatable bonds is 9. The molecule has 1 aromatic carbocycles. The number of hydrogen-bond donors (Lipinski definition) is 2. The first-order chi connectivity index (χ1) is 16.4. The molecule has 0 unspecified atom stereocenters. The Bertz CT molecular complexity index is 1260. The summed E-state index contributed by atoms with van der Waals surface area (Å²) in [7, 11) is -3.82. The minimum atomic E-state index is -3.82. The van der Waals surface area contributed by atoms with Crippen LogP contribution in [0.3, 0.4) is 0 Å². The number of oxime groups is 1. The number of thiazole rings is 1. The normalized spacial score (nSPS) is 16.4. The fourth-order valence-corrected chi connectivity index (χ4v) is 4.50. The number of ether oxygens (including phenoxy) is 1. The van der Waals surface area contributed by atoms with Gasteiger partial charge in [0.15, 0.2) is 22.1 Å². The molecule has 2 aromatic heterocycles. The fourth-order valence-electron chi connectivity index (χ4n) is 2.96. The molecule has 0 spiro atoms. The van der Waals surface area contributed by atoms with E-state index in [0.717, 1.165) is 6.20 Å². The van der Waals surface area contributed by atoms with Crippen LogP contribution in [0.25, 0.3) is 0 Å². The first-order valence-corrected chi connectivity index (χ1v) is 12.4. The van der Waals surface area contributed by atoms with Crippen LogP contribution in [0.4, 0.5) is 9.52 Å². The summed E-state index contributed by atoms with van der Waals surface area (Å²) in [4.78, 5) is 26.1. The van der Waals surface area contributed by atoms with Crippen LogP contribution >= 0.6 is 11.3 Å². The molecule has 178 valence electrons. The van der Waals surface area contributed by atoms with Crippen molar-refractivity contribution in [3.8, 4) is 0 Å². The number of hydrogen-bond acceptors (Lipinski definition) is 9. The van der Waals surface area contributed by atoms with Gasteiger partial charge in [-0.2, -0.15) is 4.39 Å². The van der Waals surface area contributed by atoms with Gasteiger partial charge >= 0.3 is 0 Å². The number of pyridine rings is 1. The molecule has 13 heteroatoms. The molecule has 0 radical (unpaired) electrons. The van der Waals surface area contributed by atoms with Gasteiger partial charge in [0.25, 0.3) is 5.91 Å².